The average molecular weight is 250 g/mol. The summed E-state index contributed by atoms with van der Waals surface area (Å²) >= 11 is 3.06. The monoisotopic (exact) mass is 249 g/mol. The molecule has 0 spiro atoms. The van der Waals surface area contributed by atoms with Crippen molar-refractivity contribution in [1.29, 1.82) is 5.26 Å². The fourth-order valence-electron chi connectivity index (χ4n) is 1.04. The fourth-order valence-corrected chi connectivity index (χ4v) is 1.28. The van der Waals surface area contributed by atoms with Crippen molar-refractivity contribution in [3.8, 4) is 17.5 Å². The van der Waals surface area contributed by atoms with Gasteiger partial charge >= 0.3 is 0 Å². The van der Waals surface area contributed by atoms with E-state index in [1.165, 1.54) is 0 Å². The molecular formula is C9H4BrN3O. The summed E-state index contributed by atoms with van der Waals surface area (Å²) in [7, 11) is 0. The van der Waals surface area contributed by atoms with Crippen LogP contribution in [0.3, 0.4) is 0 Å². The average Bonchev–Trinajstić information content (AvgIpc) is 2.65. The van der Waals surface area contributed by atoms with E-state index in [0.29, 0.717) is 16.3 Å². The van der Waals surface area contributed by atoms with E-state index < -0.39 is 0 Å². The minimum Gasteiger partial charge on any atom is -0.411 e. The number of rotatable bonds is 1. The Labute approximate surface area is 88.3 Å². The van der Waals surface area contributed by atoms with Crippen LogP contribution in [0.2, 0.25) is 0 Å². The quantitative estimate of drug-likeness (QED) is 0.779. The number of halogens is 1. The Kier molecular flexibility index (Phi) is 2.29. The third kappa shape index (κ3) is 1.65. The second-order valence-electron chi connectivity index (χ2n) is 2.55. The molecule has 0 aliphatic heterocycles. The Morgan fingerprint density at radius 1 is 1.36 bits per heavy atom. The van der Waals surface area contributed by atoms with Crippen LogP contribution < -0.4 is 0 Å². The van der Waals surface area contributed by atoms with E-state index in [2.05, 4.69) is 26.1 Å². The highest BCUT2D eigenvalue weighted by Crippen LogP contribution is 2.20. The van der Waals surface area contributed by atoms with E-state index in [0.717, 1.165) is 5.56 Å². The number of hydrogen-bond acceptors (Lipinski definition) is 4. The van der Waals surface area contributed by atoms with Gasteiger partial charge in [0.05, 0.1) is 11.6 Å². The normalized spacial score (nSPS) is 9.71. The molecule has 0 fully saturated rings. The smallest absolute Gasteiger partial charge is 0.285 e. The van der Waals surface area contributed by atoms with E-state index in [-0.39, 0.29) is 0 Å². The topological polar surface area (TPSA) is 62.7 Å². The van der Waals surface area contributed by atoms with Crippen LogP contribution in [0.4, 0.5) is 0 Å². The molecule has 5 heteroatoms. The molecule has 0 bridgehead atoms. The van der Waals surface area contributed by atoms with E-state index in [9.17, 15) is 0 Å². The van der Waals surface area contributed by atoms with Crippen molar-refractivity contribution in [2.75, 3.05) is 0 Å². The number of aromatic nitrogens is 2. The van der Waals surface area contributed by atoms with Gasteiger partial charge in [-0.1, -0.05) is 6.07 Å². The molecule has 68 valence electrons. The molecule has 0 radical (unpaired) electrons. The van der Waals surface area contributed by atoms with E-state index in [1.54, 1.807) is 24.3 Å². The first-order valence-electron chi connectivity index (χ1n) is 3.79. The highest BCUT2D eigenvalue weighted by molar-refractivity contribution is 9.10. The predicted octanol–water partition coefficient (Wildman–Crippen LogP) is 2.37. The summed E-state index contributed by atoms with van der Waals surface area (Å²) in [5.74, 6) is 0.397. The molecule has 2 aromatic rings. The minimum absolute atomic E-state index is 0.329. The molecule has 1 aromatic carbocycles. The van der Waals surface area contributed by atoms with Crippen molar-refractivity contribution in [2.45, 2.75) is 0 Å². The van der Waals surface area contributed by atoms with Gasteiger partial charge in [-0.25, -0.2) is 0 Å². The molecule has 0 saturated heterocycles. The zero-order valence-corrected chi connectivity index (χ0v) is 8.52. The van der Waals surface area contributed by atoms with E-state index >= 15 is 0 Å². The second-order valence-corrected chi connectivity index (χ2v) is 3.23. The molecule has 2 rings (SSSR count). The highest BCUT2D eigenvalue weighted by atomic mass is 79.9. The van der Waals surface area contributed by atoms with Gasteiger partial charge in [0.15, 0.2) is 0 Å². The largest absolute Gasteiger partial charge is 0.411 e. The van der Waals surface area contributed by atoms with Crippen LogP contribution in [0, 0.1) is 11.3 Å². The summed E-state index contributed by atoms with van der Waals surface area (Å²) in [4.78, 5) is 0.329. The van der Waals surface area contributed by atoms with Crippen molar-refractivity contribution < 1.29 is 4.42 Å². The maximum absolute atomic E-state index is 8.69. The summed E-state index contributed by atoms with van der Waals surface area (Å²) in [6.07, 6.45) is 0. The zero-order chi connectivity index (χ0) is 9.97. The van der Waals surface area contributed by atoms with Crippen molar-refractivity contribution >= 4 is 15.9 Å². The molecule has 1 heterocycles. The summed E-state index contributed by atoms with van der Waals surface area (Å²) < 4.78 is 5.15. The third-order valence-electron chi connectivity index (χ3n) is 1.64. The van der Waals surface area contributed by atoms with Gasteiger partial charge in [0.2, 0.25) is 5.89 Å². The van der Waals surface area contributed by atoms with Crippen LogP contribution in [-0.4, -0.2) is 10.2 Å². The summed E-state index contributed by atoms with van der Waals surface area (Å²) in [5.41, 5.74) is 1.30. The van der Waals surface area contributed by atoms with Crippen molar-refractivity contribution in [2.24, 2.45) is 0 Å². The van der Waals surface area contributed by atoms with Gasteiger partial charge in [-0.15, -0.1) is 10.2 Å². The van der Waals surface area contributed by atoms with Gasteiger partial charge in [0.25, 0.3) is 4.80 Å². The SMILES string of the molecule is N#Cc1cccc(-c2nnc(Br)o2)c1. The molecule has 0 unspecified atom stereocenters. The Morgan fingerprint density at radius 3 is 2.86 bits per heavy atom. The molecule has 14 heavy (non-hydrogen) atoms. The third-order valence-corrected chi connectivity index (χ3v) is 1.96. The van der Waals surface area contributed by atoms with Gasteiger partial charge in [0.1, 0.15) is 0 Å². The minimum atomic E-state index is 0.329. The van der Waals surface area contributed by atoms with Gasteiger partial charge < -0.3 is 4.42 Å². The number of hydrogen-bond donors (Lipinski definition) is 0. The maximum atomic E-state index is 8.69. The van der Waals surface area contributed by atoms with Crippen molar-refractivity contribution in [3.63, 3.8) is 0 Å². The summed E-state index contributed by atoms with van der Waals surface area (Å²) in [6.45, 7) is 0. The van der Waals surface area contributed by atoms with Gasteiger partial charge in [-0.05, 0) is 18.2 Å². The maximum Gasteiger partial charge on any atom is 0.285 e. The molecule has 1 aromatic heterocycles. The van der Waals surface area contributed by atoms with Crippen molar-refractivity contribution in [1.82, 2.24) is 10.2 Å². The molecule has 0 aliphatic carbocycles. The summed E-state index contributed by atoms with van der Waals surface area (Å²) in [6, 6.07) is 9.03. The van der Waals surface area contributed by atoms with Crippen LogP contribution in [0.25, 0.3) is 11.5 Å². The standard InChI is InChI=1S/C9H4BrN3O/c10-9-13-12-8(14-9)7-3-1-2-6(4-7)5-11/h1-4H. The Bertz CT molecular complexity index is 501. The lowest BCUT2D eigenvalue weighted by Crippen LogP contribution is -1.79. The first-order chi connectivity index (χ1) is 6.79. The Morgan fingerprint density at radius 2 is 2.21 bits per heavy atom. The van der Waals surface area contributed by atoms with Gasteiger partial charge in [-0.2, -0.15) is 5.26 Å². The molecule has 0 saturated carbocycles. The first-order valence-corrected chi connectivity index (χ1v) is 4.58. The Hall–Kier alpha value is -1.67. The van der Waals surface area contributed by atoms with E-state index in [1.807, 2.05) is 6.07 Å². The van der Waals surface area contributed by atoms with Gasteiger partial charge in [-0.3, -0.25) is 0 Å². The molecule has 0 atom stereocenters. The van der Waals surface area contributed by atoms with Crippen LogP contribution >= 0.6 is 15.9 Å². The lowest BCUT2D eigenvalue weighted by atomic mass is 10.1. The summed E-state index contributed by atoms with van der Waals surface area (Å²) in [5, 5.41) is 16.1. The second kappa shape index (κ2) is 3.60. The first kappa shape index (κ1) is 8.91. The predicted molar refractivity (Wildman–Crippen MR) is 52.1 cm³/mol. The fraction of sp³-hybridized carbons (Fsp3) is 0. The molecule has 0 aliphatic rings. The molecule has 0 N–H and O–H groups in total. The van der Waals surface area contributed by atoms with E-state index in [4.69, 9.17) is 9.68 Å². The molecule has 0 amide bonds. The number of nitriles is 1. The van der Waals surface area contributed by atoms with Crippen LogP contribution in [0.1, 0.15) is 5.56 Å². The molecular weight excluding hydrogens is 246 g/mol. The lowest BCUT2D eigenvalue weighted by molar-refractivity contribution is 0.540. The lowest BCUT2D eigenvalue weighted by Gasteiger charge is -1.93. The van der Waals surface area contributed by atoms with Crippen LogP contribution in [-0.2, 0) is 0 Å². The Balaban J connectivity index is 2.47. The number of nitrogens with zero attached hydrogens (tertiary/aromatic N) is 3. The van der Waals surface area contributed by atoms with Crippen molar-refractivity contribution in [3.05, 3.63) is 34.6 Å². The van der Waals surface area contributed by atoms with Crippen LogP contribution in [0.15, 0.2) is 33.5 Å². The highest BCUT2D eigenvalue weighted by Gasteiger charge is 2.06. The number of benzene rings is 1. The van der Waals surface area contributed by atoms with Gasteiger partial charge in [0, 0.05) is 21.5 Å². The molecule has 4 nitrogen and oxygen atoms in total. The van der Waals surface area contributed by atoms with Crippen LogP contribution in [0.5, 0.6) is 0 Å². The zero-order valence-electron chi connectivity index (χ0n) is 6.94.